The summed E-state index contributed by atoms with van der Waals surface area (Å²) in [4.78, 5) is 9.10. The fourth-order valence-electron chi connectivity index (χ4n) is 3.52. The van der Waals surface area contributed by atoms with Crippen LogP contribution >= 0.6 is 0 Å². The van der Waals surface area contributed by atoms with Crippen LogP contribution in [0.2, 0.25) is 0 Å². The molecule has 0 aliphatic carbocycles. The first kappa shape index (κ1) is 14.8. The fourth-order valence-corrected chi connectivity index (χ4v) is 3.52. The van der Waals surface area contributed by atoms with Gasteiger partial charge in [0, 0.05) is 34.3 Å². The quantitative estimate of drug-likeness (QED) is 0.396. The van der Waals surface area contributed by atoms with Gasteiger partial charge in [-0.3, -0.25) is 4.98 Å². The van der Waals surface area contributed by atoms with E-state index in [1.165, 1.54) is 0 Å². The third-order valence-corrected chi connectivity index (χ3v) is 4.76. The van der Waals surface area contributed by atoms with E-state index in [1.54, 1.807) is 6.20 Å². The molecule has 0 saturated carbocycles. The second-order valence-electron chi connectivity index (χ2n) is 6.36. The van der Waals surface area contributed by atoms with Crippen LogP contribution in [-0.2, 0) is 0 Å². The maximum atomic E-state index is 6.16. The summed E-state index contributed by atoms with van der Waals surface area (Å²) in [7, 11) is 0. The van der Waals surface area contributed by atoms with Gasteiger partial charge < -0.3 is 4.42 Å². The minimum atomic E-state index is 0.659. The first-order valence-electron chi connectivity index (χ1n) is 8.60. The Hall–Kier alpha value is -3.46. The molecule has 5 rings (SSSR count). The van der Waals surface area contributed by atoms with Crippen molar-refractivity contribution in [1.29, 1.82) is 0 Å². The van der Waals surface area contributed by atoms with Gasteiger partial charge in [0.15, 0.2) is 0 Å². The third-order valence-electron chi connectivity index (χ3n) is 4.76. The number of nitrogens with zero attached hydrogens (tertiary/aromatic N) is 2. The molecule has 0 amide bonds. The van der Waals surface area contributed by atoms with Crippen LogP contribution in [-0.4, -0.2) is 9.97 Å². The highest BCUT2D eigenvalue weighted by Crippen LogP contribution is 2.39. The number of aromatic nitrogens is 2. The average Bonchev–Trinajstić information content (AvgIpc) is 3.07. The predicted molar refractivity (Wildman–Crippen MR) is 105 cm³/mol. The lowest BCUT2D eigenvalue weighted by Gasteiger charge is -2.11. The minimum Gasteiger partial charge on any atom is -0.437 e. The minimum absolute atomic E-state index is 0.659. The Morgan fingerprint density at radius 1 is 0.731 bits per heavy atom. The van der Waals surface area contributed by atoms with Crippen molar-refractivity contribution in [3.63, 3.8) is 0 Å². The van der Waals surface area contributed by atoms with E-state index in [9.17, 15) is 0 Å². The third kappa shape index (κ3) is 2.21. The second kappa shape index (κ2) is 5.81. The van der Waals surface area contributed by atoms with Gasteiger partial charge in [0.2, 0.25) is 5.71 Å². The molecule has 26 heavy (non-hydrogen) atoms. The number of fused-ring (bicyclic) bond motifs is 3. The number of benzene rings is 2. The van der Waals surface area contributed by atoms with Gasteiger partial charge in [-0.15, -0.1) is 0 Å². The van der Waals surface area contributed by atoms with Crippen LogP contribution in [0.4, 0.5) is 0 Å². The number of hydrogen-bond acceptors (Lipinski definition) is 3. The van der Waals surface area contributed by atoms with Gasteiger partial charge in [0.05, 0.1) is 5.69 Å². The highest BCUT2D eigenvalue weighted by Gasteiger charge is 2.18. The van der Waals surface area contributed by atoms with Gasteiger partial charge in [-0.1, -0.05) is 48.5 Å². The monoisotopic (exact) mass is 336 g/mol. The summed E-state index contributed by atoms with van der Waals surface area (Å²) in [6.07, 6.45) is 3.59. The van der Waals surface area contributed by atoms with Crippen LogP contribution in [0.5, 0.6) is 0 Å². The molecule has 3 nitrogen and oxygen atoms in total. The standard InChI is InChI=1S/C23H16N2O/c1-15-11-12-18-19-10-6-14-25-23(19)26-22(18)20(15)21-17(9-5-13-24-21)16-7-3-2-4-8-16/h2-14H,1H3. The predicted octanol–water partition coefficient (Wildman–Crippen LogP) is 6.02. The number of pyridine rings is 2. The molecule has 0 atom stereocenters. The molecule has 0 saturated heterocycles. The average molecular weight is 336 g/mol. The van der Waals surface area contributed by atoms with Crippen LogP contribution in [0.25, 0.3) is 44.5 Å². The largest absolute Gasteiger partial charge is 0.437 e. The summed E-state index contributed by atoms with van der Waals surface area (Å²) >= 11 is 0. The molecule has 124 valence electrons. The molecule has 0 fully saturated rings. The number of furan rings is 1. The van der Waals surface area contributed by atoms with Crippen molar-refractivity contribution in [1.82, 2.24) is 9.97 Å². The summed E-state index contributed by atoms with van der Waals surface area (Å²) in [5.41, 5.74) is 6.83. The Bertz CT molecular complexity index is 1240. The summed E-state index contributed by atoms with van der Waals surface area (Å²) in [6, 6.07) is 22.6. The highest BCUT2D eigenvalue weighted by molar-refractivity contribution is 6.09. The van der Waals surface area contributed by atoms with Crippen molar-refractivity contribution in [3.05, 3.63) is 84.7 Å². The molecule has 2 aromatic carbocycles. The van der Waals surface area contributed by atoms with Crippen molar-refractivity contribution in [2.24, 2.45) is 0 Å². The molecule has 3 heteroatoms. The summed E-state index contributed by atoms with van der Waals surface area (Å²) in [5, 5.41) is 2.10. The van der Waals surface area contributed by atoms with Crippen molar-refractivity contribution >= 4 is 22.1 Å². The molecular formula is C23H16N2O. The Kier molecular flexibility index (Phi) is 3.32. The van der Waals surface area contributed by atoms with E-state index in [0.717, 1.165) is 44.3 Å². The molecule has 0 radical (unpaired) electrons. The van der Waals surface area contributed by atoms with Crippen LogP contribution in [0.3, 0.4) is 0 Å². The van der Waals surface area contributed by atoms with Gasteiger partial charge in [0.25, 0.3) is 0 Å². The summed E-state index contributed by atoms with van der Waals surface area (Å²) < 4.78 is 6.16. The Balaban J connectivity index is 1.88. The van der Waals surface area contributed by atoms with Gasteiger partial charge in [-0.2, -0.15) is 0 Å². The molecular weight excluding hydrogens is 320 g/mol. The molecule has 0 N–H and O–H groups in total. The van der Waals surface area contributed by atoms with Crippen LogP contribution < -0.4 is 0 Å². The Morgan fingerprint density at radius 2 is 1.54 bits per heavy atom. The molecule has 5 aromatic rings. The molecule has 3 heterocycles. The second-order valence-corrected chi connectivity index (χ2v) is 6.36. The zero-order chi connectivity index (χ0) is 17.5. The molecule has 0 bridgehead atoms. The van der Waals surface area contributed by atoms with Crippen molar-refractivity contribution in [2.75, 3.05) is 0 Å². The van der Waals surface area contributed by atoms with Crippen LogP contribution in [0.1, 0.15) is 5.56 Å². The van der Waals surface area contributed by atoms with Gasteiger partial charge in [0.1, 0.15) is 5.58 Å². The SMILES string of the molecule is Cc1ccc2c(oc3ncccc32)c1-c1ncccc1-c1ccccc1. The Labute approximate surface area is 151 Å². The fraction of sp³-hybridized carbons (Fsp3) is 0.0435. The van der Waals surface area contributed by atoms with Crippen molar-refractivity contribution in [2.45, 2.75) is 6.92 Å². The molecule has 3 aromatic heterocycles. The first-order chi connectivity index (χ1) is 12.8. The maximum Gasteiger partial charge on any atom is 0.227 e. The number of hydrogen-bond donors (Lipinski definition) is 0. The van der Waals surface area contributed by atoms with E-state index in [4.69, 9.17) is 9.40 Å². The first-order valence-corrected chi connectivity index (χ1v) is 8.60. The molecule has 0 spiro atoms. The molecule has 0 aliphatic heterocycles. The lowest BCUT2D eigenvalue weighted by atomic mass is 9.95. The van der Waals surface area contributed by atoms with Gasteiger partial charge >= 0.3 is 0 Å². The van der Waals surface area contributed by atoms with E-state index in [2.05, 4.69) is 42.2 Å². The lowest BCUT2D eigenvalue weighted by Crippen LogP contribution is -1.92. The van der Waals surface area contributed by atoms with E-state index in [-0.39, 0.29) is 0 Å². The van der Waals surface area contributed by atoms with E-state index in [0.29, 0.717) is 5.71 Å². The number of rotatable bonds is 2. The smallest absolute Gasteiger partial charge is 0.227 e. The van der Waals surface area contributed by atoms with Crippen molar-refractivity contribution < 1.29 is 4.42 Å². The maximum absolute atomic E-state index is 6.16. The zero-order valence-corrected chi connectivity index (χ0v) is 14.3. The molecule has 0 aliphatic rings. The molecule has 0 unspecified atom stereocenters. The van der Waals surface area contributed by atoms with E-state index in [1.807, 2.05) is 42.6 Å². The van der Waals surface area contributed by atoms with Gasteiger partial charge in [-0.05, 0) is 36.2 Å². The zero-order valence-electron chi connectivity index (χ0n) is 14.3. The Morgan fingerprint density at radius 3 is 2.42 bits per heavy atom. The van der Waals surface area contributed by atoms with Crippen LogP contribution in [0.15, 0.2) is 83.5 Å². The topological polar surface area (TPSA) is 38.9 Å². The van der Waals surface area contributed by atoms with Crippen molar-refractivity contribution in [3.8, 4) is 22.4 Å². The lowest BCUT2D eigenvalue weighted by molar-refractivity contribution is 0.654. The summed E-state index contributed by atoms with van der Waals surface area (Å²) in [6.45, 7) is 2.10. The van der Waals surface area contributed by atoms with E-state index >= 15 is 0 Å². The van der Waals surface area contributed by atoms with Gasteiger partial charge in [-0.25, -0.2) is 4.98 Å². The van der Waals surface area contributed by atoms with Crippen LogP contribution in [0, 0.1) is 6.92 Å². The normalized spacial score (nSPS) is 11.3. The summed E-state index contributed by atoms with van der Waals surface area (Å²) in [5.74, 6) is 0. The highest BCUT2D eigenvalue weighted by atomic mass is 16.3. The van der Waals surface area contributed by atoms with E-state index < -0.39 is 0 Å². The number of aryl methyl sites for hydroxylation is 1.